The molecule has 2 N–H and O–H groups in total. The fourth-order valence-corrected chi connectivity index (χ4v) is 2.81. The lowest BCUT2D eigenvalue weighted by molar-refractivity contribution is 0.0445. The monoisotopic (exact) mass is 393 g/mol. The summed E-state index contributed by atoms with van der Waals surface area (Å²) in [7, 11) is -2.64. The molecule has 0 aliphatic rings. The summed E-state index contributed by atoms with van der Waals surface area (Å²) < 4.78 is 38.5. The maximum Gasteiger partial charge on any atom is 0.342 e. The normalized spacial score (nSPS) is 10.9. The minimum absolute atomic E-state index is 0.00717. The molecule has 0 aromatic heterocycles. The van der Waals surface area contributed by atoms with E-state index in [-0.39, 0.29) is 35.2 Å². The first kappa shape index (κ1) is 20.4. The van der Waals surface area contributed by atoms with Crippen molar-refractivity contribution >= 4 is 21.8 Å². The number of carbonyl (C=O) groups excluding carboxylic acids is 2. The summed E-state index contributed by atoms with van der Waals surface area (Å²) in [6.45, 7) is 1.31. The molecule has 0 atom stereocenters. The number of primary sulfonamides is 1. The summed E-state index contributed by atoms with van der Waals surface area (Å²) in [4.78, 5) is 23.5. The fraction of sp³-hybridized carbons (Fsp3) is 0.222. The van der Waals surface area contributed by atoms with Gasteiger partial charge in [0.25, 0.3) is 0 Å². The van der Waals surface area contributed by atoms with E-state index in [0.29, 0.717) is 11.3 Å². The standard InChI is InChI=1S/C18H19NO7S/c1-12(20)14-5-3-4-6-17(14)25-9-10-26-18(21)15-11-13(27(19,22)23)7-8-16(15)24-2/h3-8,11H,9-10H2,1-2H3,(H2,19,22,23). The second-order valence-corrected chi connectivity index (χ2v) is 7.01. The molecule has 0 saturated heterocycles. The van der Waals surface area contributed by atoms with Crippen LogP contribution in [0.4, 0.5) is 0 Å². The molecule has 9 heteroatoms. The van der Waals surface area contributed by atoms with E-state index in [2.05, 4.69) is 0 Å². The molecule has 0 aliphatic heterocycles. The highest BCUT2D eigenvalue weighted by Gasteiger charge is 2.18. The molecule has 8 nitrogen and oxygen atoms in total. The van der Waals surface area contributed by atoms with Crippen molar-refractivity contribution in [2.45, 2.75) is 11.8 Å². The first-order valence-electron chi connectivity index (χ1n) is 7.84. The van der Waals surface area contributed by atoms with Gasteiger partial charge >= 0.3 is 5.97 Å². The molecule has 0 radical (unpaired) electrons. The minimum atomic E-state index is -3.98. The molecular weight excluding hydrogens is 374 g/mol. The maximum atomic E-state index is 12.2. The van der Waals surface area contributed by atoms with E-state index in [0.717, 1.165) is 6.07 Å². The van der Waals surface area contributed by atoms with Gasteiger partial charge < -0.3 is 14.2 Å². The lowest BCUT2D eigenvalue weighted by atomic mass is 10.1. The Morgan fingerprint density at radius 1 is 1.00 bits per heavy atom. The third kappa shape index (κ3) is 5.28. The second-order valence-electron chi connectivity index (χ2n) is 5.44. The topological polar surface area (TPSA) is 122 Å². The second kappa shape index (κ2) is 8.65. The third-order valence-corrected chi connectivity index (χ3v) is 4.47. The van der Waals surface area contributed by atoms with Crippen molar-refractivity contribution in [2.24, 2.45) is 5.14 Å². The molecule has 0 spiro atoms. The number of ether oxygens (including phenoxy) is 3. The number of methoxy groups -OCH3 is 1. The van der Waals surface area contributed by atoms with Crippen molar-refractivity contribution in [1.29, 1.82) is 0 Å². The molecule has 144 valence electrons. The molecule has 27 heavy (non-hydrogen) atoms. The Bertz CT molecular complexity index is 954. The summed E-state index contributed by atoms with van der Waals surface area (Å²) in [5.41, 5.74) is 0.347. The molecule has 0 unspecified atom stereocenters. The minimum Gasteiger partial charge on any atom is -0.496 e. The number of hydrogen-bond acceptors (Lipinski definition) is 7. The van der Waals surface area contributed by atoms with Gasteiger partial charge in [0, 0.05) is 0 Å². The van der Waals surface area contributed by atoms with Crippen LogP contribution in [0.15, 0.2) is 47.4 Å². The highest BCUT2D eigenvalue weighted by Crippen LogP contribution is 2.23. The molecule has 0 amide bonds. The van der Waals surface area contributed by atoms with E-state index < -0.39 is 16.0 Å². The van der Waals surface area contributed by atoms with E-state index in [9.17, 15) is 18.0 Å². The summed E-state index contributed by atoms with van der Waals surface area (Å²) in [6.07, 6.45) is 0. The Morgan fingerprint density at radius 2 is 1.70 bits per heavy atom. The number of para-hydroxylation sites is 1. The number of carbonyl (C=O) groups is 2. The maximum absolute atomic E-state index is 12.2. The molecule has 2 aromatic rings. The van der Waals surface area contributed by atoms with Crippen LogP contribution < -0.4 is 14.6 Å². The first-order valence-corrected chi connectivity index (χ1v) is 9.39. The Labute approximate surface area is 156 Å². The summed E-state index contributed by atoms with van der Waals surface area (Å²) in [5.74, 6) is -0.405. The average molecular weight is 393 g/mol. The fourth-order valence-electron chi connectivity index (χ4n) is 2.27. The van der Waals surface area contributed by atoms with Gasteiger partial charge in [0.2, 0.25) is 10.0 Å². The number of nitrogens with two attached hydrogens (primary N) is 1. The van der Waals surface area contributed by atoms with Crippen LogP contribution in [0.3, 0.4) is 0 Å². The van der Waals surface area contributed by atoms with Crippen LogP contribution >= 0.6 is 0 Å². The lowest BCUT2D eigenvalue weighted by Gasteiger charge is -2.12. The van der Waals surface area contributed by atoms with Crippen molar-refractivity contribution < 1.29 is 32.2 Å². The van der Waals surface area contributed by atoms with Crippen LogP contribution in [-0.2, 0) is 14.8 Å². The number of esters is 1. The van der Waals surface area contributed by atoms with Crippen molar-refractivity contribution in [3.8, 4) is 11.5 Å². The van der Waals surface area contributed by atoms with E-state index in [1.807, 2.05) is 0 Å². The van der Waals surface area contributed by atoms with E-state index >= 15 is 0 Å². The van der Waals surface area contributed by atoms with Gasteiger partial charge in [0.15, 0.2) is 5.78 Å². The van der Waals surface area contributed by atoms with Crippen LogP contribution in [0.5, 0.6) is 11.5 Å². The van der Waals surface area contributed by atoms with Gasteiger partial charge in [0.05, 0.1) is 17.6 Å². The molecule has 0 bridgehead atoms. The quantitative estimate of drug-likeness (QED) is 0.412. The Balaban J connectivity index is 2.03. The Hall–Kier alpha value is -2.91. The molecular formula is C18H19NO7S. The van der Waals surface area contributed by atoms with Crippen LogP contribution in [0.2, 0.25) is 0 Å². The molecule has 0 saturated carbocycles. The smallest absolute Gasteiger partial charge is 0.342 e. The zero-order chi connectivity index (χ0) is 20.0. The zero-order valence-corrected chi connectivity index (χ0v) is 15.6. The Kier molecular flexibility index (Phi) is 6.54. The van der Waals surface area contributed by atoms with Gasteiger partial charge in [-0.1, -0.05) is 12.1 Å². The average Bonchev–Trinajstić information content (AvgIpc) is 2.64. The van der Waals surface area contributed by atoms with E-state index in [1.54, 1.807) is 24.3 Å². The molecule has 0 fully saturated rings. The number of Topliss-reactive ketones (excluding diaryl/α,β-unsaturated/α-hetero) is 1. The van der Waals surface area contributed by atoms with Gasteiger partial charge in [-0.25, -0.2) is 18.4 Å². The van der Waals surface area contributed by atoms with Crippen molar-refractivity contribution in [3.63, 3.8) is 0 Å². The lowest BCUT2D eigenvalue weighted by Crippen LogP contribution is -2.16. The number of sulfonamides is 1. The Morgan fingerprint density at radius 3 is 2.33 bits per heavy atom. The molecule has 0 aliphatic carbocycles. The van der Waals surface area contributed by atoms with E-state index in [4.69, 9.17) is 19.3 Å². The van der Waals surface area contributed by atoms with Gasteiger partial charge in [-0.15, -0.1) is 0 Å². The predicted molar refractivity (Wildman–Crippen MR) is 96.6 cm³/mol. The summed E-state index contributed by atoms with van der Waals surface area (Å²) in [6, 6.07) is 10.3. The van der Waals surface area contributed by atoms with E-state index in [1.165, 1.54) is 26.2 Å². The molecule has 2 aromatic carbocycles. The van der Waals surface area contributed by atoms with Crippen LogP contribution in [0, 0.1) is 0 Å². The van der Waals surface area contributed by atoms with Crippen LogP contribution in [-0.4, -0.2) is 40.5 Å². The number of ketones is 1. The van der Waals surface area contributed by atoms with Crippen LogP contribution in [0.1, 0.15) is 27.6 Å². The zero-order valence-electron chi connectivity index (χ0n) is 14.8. The SMILES string of the molecule is COc1ccc(S(N)(=O)=O)cc1C(=O)OCCOc1ccccc1C(C)=O. The van der Waals surface area contributed by atoms with Crippen molar-refractivity contribution in [1.82, 2.24) is 0 Å². The summed E-state index contributed by atoms with van der Waals surface area (Å²) >= 11 is 0. The third-order valence-electron chi connectivity index (χ3n) is 3.56. The molecule has 0 heterocycles. The predicted octanol–water partition coefficient (Wildman–Crippen LogP) is 1.78. The van der Waals surface area contributed by atoms with Gasteiger partial charge in [0.1, 0.15) is 30.3 Å². The van der Waals surface area contributed by atoms with Crippen molar-refractivity contribution in [2.75, 3.05) is 20.3 Å². The van der Waals surface area contributed by atoms with Gasteiger partial charge in [-0.2, -0.15) is 0 Å². The van der Waals surface area contributed by atoms with Crippen molar-refractivity contribution in [3.05, 3.63) is 53.6 Å². The number of hydrogen-bond donors (Lipinski definition) is 1. The highest BCUT2D eigenvalue weighted by atomic mass is 32.2. The van der Waals surface area contributed by atoms with Crippen LogP contribution in [0.25, 0.3) is 0 Å². The summed E-state index contributed by atoms with van der Waals surface area (Å²) in [5, 5.41) is 5.07. The molecule has 2 rings (SSSR count). The first-order chi connectivity index (χ1) is 12.7. The number of benzene rings is 2. The number of rotatable bonds is 8. The van der Waals surface area contributed by atoms with Gasteiger partial charge in [-0.05, 0) is 37.3 Å². The van der Waals surface area contributed by atoms with Gasteiger partial charge in [-0.3, -0.25) is 4.79 Å². The highest BCUT2D eigenvalue weighted by molar-refractivity contribution is 7.89. The largest absolute Gasteiger partial charge is 0.496 e.